The highest BCUT2D eigenvalue weighted by Crippen LogP contribution is 2.21. The van der Waals surface area contributed by atoms with E-state index in [1.54, 1.807) is 0 Å². The van der Waals surface area contributed by atoms with Gasteiger partial charge < -0.3 is 20.3 Å². The molecule has 2 rings (SSSR count). The summed E-state index contributed by atoms with van der Waals surface area (Å²) in [5.41, 5.74) is 0. The van der Waals surface area contributed by atoms with Gasteiger partial charge in [0.05, 0.1) is 19.1 Å². The second-order valence-electron chi connectivity index (χ2n) is 6.46. The Labute approximate surface area is 128 Å². The van der Waals surface area contributed by atoms with Crippen molar-refractivity contribution in [3.8, 4) is 0 Å². The normalized spacial score (nSPS) is 27.2. The third-order valence-corrected chi connectivity index (χ3v) is 4.97. The summed E-state index contributed by atoms with van der Waals surface area (Å²) in [5.74, 6) is 0.0956. The Hall–Kier alpha value is -0.650. The van der Waals surface area contributed by atoms with Gasteiger partial charge in [-0.2, -0.15) is 0 Å². The maximum atomic E-state index is 12.1. The molecule has 0 bridgehead atoms. The van der Waals surface area contributed by atoms with Gasteiger partial charge in [-0.25, -0.2) is 0 Å². The van der Waals surface area contributed by atoms with E-state index in [1.807, 2.05) is 7.05 Å². The lowest BCUT2D eigenvalue weighted by Gasteiger charge is -2.31. The van der Waals surface area contributed by atoms with Crippen LogP contribution >= 0.6 is 0 Å². The van der Waals surface area contributed by atoms with Crippen LogP contribution in [0.5, 0.6) is 0 Å². The second kappa shape index (κ2) is 8.71. The van der Waals surface area contributed by atoms with Crippen molar-refractivity contribution in [2.24, 2.45) is 5.92 Å². The minimum Gasteiger partial charge on any atom is -0.379 e. The molecule has 2 aliphatic rings. The van der Waals surface area contributed by atoms with Crippen LogP contribution in [0.25, 0.3) is 0 Å². The van der Waals surface area contributed by atoms with E-state index in [0.29, 0.717) is 13.2 Å². The highest BCUT2D eigenvalue weighted by atomic mass is 16.5. The highest BCUT2D eigenvalue weighted by molar-refractivity contribution is 5.79. The second-order valence-corrected chi connectivity index (χ2v) is 6.46. The van der Waals surface area contributed by atoms with E-state index in [0.717, 1.165) is 25.6 Å². The van der Waals surface area contributed by atoms with Crippen LogP contribution in [0.2, 0.25) is 0 Å². The SMILES string of the molecule is CNC1COCC1C(=O)NCCCN(C)C1CCCCC1. The minimum atomic E-state index is -0.0360. The van der Waals surface area contributed by atoms with Crippen molar-refractivity contribution in [2.75, 3.05) is 40.4 Å². The minimum absolute atomic E-state index is 0.0360. The van der Waals surface area contributed by atoms with Gasteiger partial charge in [0.15, 0.2) is 0 Å². The molecule has 5 nitrogen and oxygen atoms in total. The molecule has 2 N–H and O–H groups in total. The number of hydrogen-bond acceptors (Lipinski definition) is 4. The van der Waals surface area contributed by atoms with Gasteiger partial charge in [0, 0.05) is 18.6 Å². The number of amides is 1. The van der Waals surface area contributed by atoms with Gasteiger partial charge in [-0.15, -0.1) is 0 Å². The van der Waals surface area contributed by atoms with Crippen LogP contribution in [0.3, 0.4) is 0 Å². The summed E-state index contributed by atoms with van der Waals surface area (Å²) in [7, 11) is 4.11. The molecule has 0 aromatic rings. The van der Waals surface area contributed by atoms with Crippen LogP contribution < -0.4 is 10.6 Å². The largest absolute Gasteiger partial charge is 0.379 e. The van der Waals surface area contributed by atoms with Crippen molar-refractivity contribution < 1.29 is 9.53 Å². The molecule has 21 heavy (non-hydrogen) atoms. The molecule has 1 heterocycles. The number of nitrogens with one attached hydrogen (secondary N) is 2. The summed E-state index contributed by atoms with van der Waals surface area (Å²) in [6, 6.07) is 0.918. The lowest BCUT2D eigenvalue weighted by atomic mass is 9.94. The number of carbonyl (C=O) groups excluding carboxylic acids is 1. The zero-order valence-electron chi connectivity index (χ0n) is 13.6. The summed E-state index contributed by atoms with van der Waals surface area (Å²) in [6.07, 6.45) is 7.85. The van der Waals surface area contributed by atoms with Crippen molar-refractivity contribution >= 4 is 5.91 Å². The van der Waals surface area contributed by atoms with Crippen LogP contribution in [0, 0.1) is 5.92 Å². The van der Waals surface area contributed by atoms with E-state index in [4.69, 9.17) is 4.74 Å². The zero-order valence-corrected chi connectivity index (χ0v) is 13.6. The Balaban J connectivity index is 1.59. The summed E-state index contributed by atoms with van der Waals surface area (Å²) in [5, 5.41) is 6.21. The fraction of sp³-hybridized carbons (Fsp3) is 0.938. The molecule has 1 saturated heterocycles. The Morgan fingerprint density at radius 2 is 2.00 bits per heavy atom. The standard InChI is InChI=1S/C16H31N3O2/c1-17-15-12-21-11-14(15)16(20)18-9-6-10-19(2)13-7-4-3-5-8-13/h13-15,17H,3-12H2,1-2H3,(H,18,20). The maximum Gasteiger partial charge on any atom is 0.227 e. The summed E-state index contributed by atoms with van der Waals surface area (Å²) in [4.78, 5) is 14.6. The first-order chi connectivity index (χ1) is 10.2. The molecule has 0 aromatic heterocycles. The molecule has 1 saturated carbocycles. The molecule has 122 valence electrons. The van der Waals surface area contributed by atoms with Gasteiger partial charge in [0.1, 0.15) is 0 Å². The van der Waals surface area contributed by atoms with Gasteiger partial charge in [-0.05, 0) is 39.9 Å². The number of carbonyl (C=O) groups is 1. The van der Waals surface area contributed by atoms with Crippen LogP contribution in [0.1, 0.15) is 38.5 Å². The van der Waals surface area contributed by atoms with Crippen molar-refractivity contribution in [2.45, 2.75) is 50.6 Å². The fourth-order valence-electron chi connectivity index (χ4n) is 3.47. The average molecular weight is 297 g/mol. The van der Waals surface area contributed by atoms with E-state index < -0.39 is 0 Å². The smallest absolute Gasteiger partial charge is 0.227 e. The topological polar surface area (TPSA) is 53.6 Å². The Kier molecular flexibility index (Phi) is 6.93. The Bertz CT molecular complexity index is 319. The van der Waals surface area contributed by atoms with Gasteiger partial charge in [-0.1, -0.05) is 19.3 Å². The third-order valence-electron chi connectivity index (χ3n) is 4.97. The van der Waals surface area contributed by atoms with Crippen LogP contribution in [0.15, 0.2) is 0 Å². The van der Waals surface area contributed by atoms with E-state index in [-0.39, 0.29) is 17.9 Å². The van der Waals surface area contributed by atoms with Crippen molar-refractivity contribution in [3.63, 3.8) is 0 Å². The first kappa shape index (κ1) is 16.7. The van der Waals surface area contributed by atoms with E-state index in [1.165, 1.54) is 32.1 Å². The van der Waals surface area contributed by atoms with Crippen LogP contribution in [-0.2, 0) is 9.53 Å². The van der Waals surface area contributed by atoms with Crippen LogP contribution in [-0.4, -0.2) is 63.3 Å². The van der Waals surface area contributed by atoms with E-state index in [2.05, 4.69) is 22.6 Å². The number of rotatable bonds is 7. The predicted octanol–water partition coefficient (Wildman–Crippen LogP) is 0.992. The lowest BCUT2D eigenvalue weighted by molar-refractivity contribution is -0.125. The molecule has 0 aromatic carbocycles. The molecule has 0 spiro atoms. The van der Waals surface area contributed by atoms with E-state index >= 15 is 0 Å². The maximum absolute atomic E-state index is 12.1. The molecule has 5 heteroatoms. The molecular weight excluding hydrogens is 266 g/mol. The molecule has 2 unspecified atom stereocenters. The van der Waals surface area contributed by atoms with Crippen molar-refractivity contribution in [1.82, 2.24) is 15.5 Å². The van der Waals surface area contributed by atoms with Crippen LogP contribution in [0.4, 0.5) is 0 Å². The van der Waals surface area contributed by atoms with Gasteiger partial charge >= 0.3 is 0 Å². The predicted molar refractivity (Wildman–Crippen MR) is 84.3 cm³/mol. The van der Waals surface area contributed by atoms with Gasteiger partial charge in [0.2, 0.25) is 5.91 Å². The van der Waals surface area contributed by atoms with Crippen molar-refractivity contribution in [1.29, 1.82) is 0 Å². The molecule has 2 fully saturated rings. The third kappa shape index (κ3) is 4.94. The molecular formula is C16H31N3O2. The Morgan fingerprint density at radius 1 is 1.24 bits per heavy atom. The monoisotopic (exact) mass is 297 g/mol. The zero-order chi connectivity index (χ0) is 15.1. The molecule has 1 aliphatic heterocycles. The summed E-state index contributed by atoms with van der Waals surface area (Å²) >= 11 is 0. The summed E-state index contributed by atoms with van der Waals surface area (Å²) < 4.78 is 5.37. The Morgan fingerprint density at radius 3 is 2.71 bits per heavy atom. The highest BCUT2D eigenvalue weighted by Gasteiger charge is 2.32. The van der Waals surface area contributed by atoms with Gasteiger partial charge in [-0.3, -0.25) is 4.79 Å². The molecule has 1 aliphatic carbocycles. The first-order valence-electron chi connectivity index (χ1n) is 8.45. The van der Waals surface area contributed by atoms with Gasteiger partial charge in [0.25, 0.3) is 0 Å². The molecule has 2 atom stereocenters. The average Bonchev–Trinajstić information content (AvgIpc) is 3.00. The van der Waals surface area contributed by atoms with Crippen molar-refractivity contribution in [3.05, 3.63) is 0 Å². The number of hydrogen-bond donors (Lipinski definition) is 2. The molecule has 0 radical (unpaired) electrons. The number of likely N-dealkylation sites (N-methyl/N-ethyl adjacent to an activating group) is 1. The first-order valence-corrected chi connectivity index (χ1v) is 8.45. The quantitative estimate of drug-likeness (QED) is 0.688. The number of ether oxygens (including phenoxy) is 1. The number of nitrogens with zero attached hydrogens (tertiary/aromatic N) is 1. The molecule has 1 amide bonds. The fourth-order valence-corrected chi connectivity index (χ4v) is 3.47. The summed E-state index contributed by atoms with van der Waals surface area (Å²) in [6.45, 7) is 3.02. The lowest BCUT2D eigenvalue weighted by Crippen LogP contribution is -2.43. The van der Waals surface area contributed by atoms with E-state index in [9.17, 15) is 4.79 Å².